The molecule has 0 fully saturated rings. The van der Waals surface area contributed by atoms with Gasteiger partial charge in [-0.15, -0.1) is 0 Å². The molecule has 0 unspecified atom stereocenters. The number of nitrogens with one attached hydrogen (secondary N) is 1. The van der Waals surface area contributed by atoms with Gasteiger partial charge in [-0.05, 0) is 24.3 Å². The van der Waals surface area contributed by atoms with E-state index in [-0.39, 0.29) is 12.5 Å². The molecule has 1 heterocycles. The average molecular weight is 322 g/mol. The van der Waals surface area contributed by atoms with E-state index in [1.807, 2.05) is 35.0 Å². The molecule has 4 nitrogen and oxygen atoms in total. The van der Waals surface area contributed by atoms with Gasteiger partial charge in [0.25, 0.3) is 0 Å². The van der Waals surface area contributed by atoms with Crippen molar-refractivity contribution < 1.29 is 4.79 Å². The maximum atomic E-state index is 12.0. The number of imidazole rings is 1. The van der Waals surface area contributed by atoms with Gasteiger partial charge in [-0.3, -0.25) is 4.79 Å². The first kappa shape index (κ1) is 13.8. The molecule has 0 aliphatic heterocycles. The summed E-state index contributed by atoms with van der Waals surface area (Å²) >= 11 is 3.36. The number of hydrogen-bond donors (Lipinski definition) is 1. The molecule has 0 radical (unpaired) electrons. The maximum Gasteiger partial charge on any atom is 0.244 e. The fourth-order valence-electron chi connectivity index (χ4n) is 1.84. The van der Waals surface area contributed by atoms with Crippen LogP contribution in [-0.4, -0.2) is 15.5 Å². The van der Waals surface area contributed by atoms with Crippen molar-refractivity contribution in [2.75, 3.05) is 5.32 Å². The maximum absolute atomic E-state index is 12.0. The first-order chi connectivity index (χ1) is 9.06. The molecule has 19 heavy (non-hydrogen) atoms. The smallest absolute Gasteiger partial charge is 0.244 e. The summed E-state index contributed by atoms with van der Waals surface area (Å²) in [6, 6.07) is 7.51. The number of amides is 1. The van der Waals surface area contributed by atoms with E-state index in [0.29, 0.717) is 5.92 Å². The quantitative estimate of drug-likeness (QED) is 0.938. The molecule has 5 heteroatoms. The first-order valence-corrected chi connectivity index (χ1v) is 6.92. The number of anilines is 1. The summed E-state index contributed by atoms with van der Waals surface area (Å²) in [6.45, 7) is 4.40. The monoisotopic (exact) mass is 321 g/mol. The minimum Gasteiger partial charge on any atom is -0.325 e. The highest BCUT2D eigenvalue weighted by Crippen LogP contribution is 2.15. The summed E-state index contributed by atoms with van der Waals surface area (Å²) in [4.78, 5) is 16.2. The van der Waals surface area contributed by atoms with Gasteiger partial charge in [0.2, 0.25) is 5.91 Å². The van der Waals surface area contributed by atoms with Gasteiger partial charge in [0.15, 0.2) is 0 Å². The normalized spacial score (nSPS) is 10.7. The van der Waals surface area contributed by atoms with E-state index >= 15 is 0 Å². The largest absolute Gasteiger partial charge is 0.325 e. The number of aromatic nitrogens is 2. The van der Waals surface area contributed by atoms with E-state index in [2.05, 4.69) is 40.1 Å². The minimum absolute atomic E-state index is 0.0535. The highest BCUT2D eigenvalue weighted by molar-refractivity contribution is 9.10. The van der Waals surface area contributed by atoms with Crippen LogP contribution in [0, 0.1) is 0 Å². The van der Waals surface area contributed by atoms with Gasteiger partial charge < -0.3 is 9.88 Å². The highest BCUT2D eigenvalue weighted by Gasteiger charge is 2.10. The zero-order valence-electron chi connectivity index (χ0n) is 10.9. The Morgan fingerprint density at radius 1 is 1.37 bits per heavy atom. The van der Waals surface area contributed by atoms with Crippen LogP contribution in [0.5, 0.6) is 0 Å². The van der Waals surface area contributed by atoms with E-state index in [0.717, 1.165) is 16.0 Å². The number of carbonyl (C=O) groups is 1. The molecule has 100 valence electrons. The summed E-state index contributed by atoms with van der Waals surface area (Å²) in [7, 11) is 0. The van der Waals surface area contributed by atoms with Gasteiger partial charge in [-0.25, -0.2) is 4.98 Å². The first-order valence-electron chi connectivity index (χ1n) is 6.12. The molecule has 0 saturated carbocycles. The molecular formula is C14H16BrN3O. The Hall–Kier alpha value is -1.62. The summed E-state index contributed by atoms with van der Waals surface area (Å²) in [6.07, 6.45) is 3.55. The molecule has 2 aromatic rings. The zero-order valence-corrected chi connectivity index (χ0v) is 12.5. The van der Waals surface area contributed by atoms with E-state index < -0.39 is 0 Å². The molecule has 1 aromatic heterocycles. The van der Waals surface area contributed by atoms with Crippen LogP contribution < -0.4 is 5.32 Å². The second-order valence-electron chi connectivity index (χ2n) is 4.62. The van der Waals surface area contributed by atoms with Gasteiger partial charge in [0, 0.05) is 28.5 Å². The lowest BCUT2D eigenvalue weighted by molar-refractivity contribution is -0.116. The Kier molecular flexibility index (Phi) is 4.37. The van der Waals surface area contributed by atoms with Crippen molar-refractivity contribution in [2.24, 2.45) is 0 Å². The molecule has 1 aromatic carbocycles. The number of nitrogens with zero attached hydrogens (tertiary/aromatic N) is 2. The number of hydrogen-bond acceptors (Lipinski definition) is 2. The Balaban J connectivity index is 2.01. The fraction of sp³-hybridized carbons (Fsp3) is 0.286. The SMILES string of the molecule is CC(C)c1nccn1CC(=O)Nc1ccc(Br)cc1. The Morgan fingerprint density at radius 2 is 2.05 bits per heavy atom. The minimum atomic E-state index is -0.0535. The lowest BCUT2D eigenvalue weighted by Gasteiger charge is -2.10. The summed E-state index contributed by atoms with van der Waals surface area (Å²) < 4.78 is 2.86. The predicted octanol–water partition coefficient (Wildman–Crippen LogP) is 3.41. The lowest BCUT2D eigenvalue weighted by atomic mass is 10.2. The molecule has 1 N–H and O–H groups in total. The molecule has 2 rings (SSSR count). The molecule has 0 aliphatic rings. The molecule has 0 aliphatic carbocycles. The standard InChI is InChI=1S/C14H16BrN3O/c1-10(2)14-16-7-8-18(14)9-13(19)17-12-5-3-11(15)4-6-12/h3-8,10H,9H2,1-2H3,(H,17,19). The van der Waals surface area contributed by atoms with Crippen LogP contribution in [0.3, 0.4) is 0 Å². The number of halogens is 1. The van der Waals surface area contributed by atoms with Crippen molar-refractivity contribution in [1.82, 2.24) is 9.55 Å². The van der Waals surface area contributed by atoms with Crippen molar-refractivity contribution in [1.29, 1.82) is 0 Å². The second-order valence-corrected chi connectivity index (χ2v) is 5.54. The Bertz CT molecular complexity index is 560. The van der Waals surface area contributed by atoms with Gasteiger partial charge in [0.1, 0.15) is 12.4 Å². The van der Waals surface area contributed by atoms with E-state index in [9.17, 15) is 4.79 Å². The van der Waals surface area contributed by atoms with E-state index in [1.165, 1.54) is 0 Å². The van der Waals surface area contributed by atoms with Gasteiger partial charge >= 0.3 is 0 Å². The fourth-order valence-corrected chi connectivity index (χ4v) is 2.11. The third-order valence-electron chi connectivity index (χ3n) is 2.71. The Labute approximate surface area is 121 Å². The van der Waals surface area contributed by atoms with Crippen LogP contribution in [0.15, 0.2) is 41.1 Å². The topological polar surface area (TPSA) is 46.9 Å². The third kappa shape index (κ3) is 3.67. The molecule has 0 saturated heterocycles. The number of rotatable bonds is 4. The lowest BCUT2D eigenvalue weighted by Crippen LogP contribution is -2.20. The molecule has 1 amide bonds. The van der Waals surface area contributed by atoms with Crippen LogP contribution in [0.2, 0.25) is 0 Å². The molecular weight excluding hydrogens is 306 g/mol. The van der Waals surface area contributed by atoms with Crippen molar-refractivity contribution >= 4 is 27.5 Å². The Morgan fingerprint density at radius 3 is 2.68 bits per heavy atom. The van der Waals surface area contributed by atoms with E-state index in [1.54, 1.807) is 6.20 Å². The predicted molar refractivity (Wildman–Crippen MR) is 79.1 cm³/mol. The van der Waals surface area contributed by atoms with Crippen LogP contribution >= 0.6 is 15.9 Å². The van der Waals surface area contributed by atoms with Crippen LogP contribution in [0.4, 0.5) is 5.69 Å². The molecule has 0 bridgehead atoms. The average Bonchev–Trinajstić information content (AvgIpc) is 2.80. The van der Waals surface area contributed by atoms with Crippen LogP contribution in [0.25, 0.3) is 0 Å². The van der Waals surface area contributed by atoms with Crippen LogP contribution in [0.1, 0.15) is 25.6 Å². The summed E-state index contributed by atoms with van der Waals surface area (Å²) in [5, 5.41) is 2.87. The molecule has 0 spiro atoms. The third-order valence-corrected chi connectivity index (χ3v) is 3.23. The summed E-state index contributed by atoms with van der Waals surface area (Å²) in [5.74, 6) is 1.17. The molecule has 0 atom stereocenters. The number of carbonyl (C=O) groups excluding carboxylic acids is 1. The van der Waals surface area contributed by atoms with Crippen LogP contribution in [-0.2, 0) is 11.3 Å². The number of benzene rings is 1. The van der Waals surface area contributed by atoms with Gasteiger partial charge in [-0.2, -0.15) is 0 Å². The van der Waals surface area contributed by atoms with Crippen molar-refractivity contribution in [3.05, 3.63) is 47.0 Å². The second kappa shape index (κ2) is 6.02. The van der Waals surface area contributed by atoms with Crippen molar-refractivity contribution in [3.8, 4) is 0 Å². The van der Waals surface area contributed by atoms with Gasteiger partial charge in [0.05, 0.1) is 0 Å². The van der Waals surface area contributed by atoms with Crippen molar-refractivity contribution in [2.45, 2.75) is 26.3 Å². The zero-order chi connectivity index (χ0) is 13.8. The summed E-state index contributed by atoms with van der Waals surface area (Å²) in [5.41, 5.74) is 0.791. The van der Waals surface area contributed by atoms with Crippen molar-refractivity contribution in [3.63, 3.8) is 0 Å². The van der Waals surface area contributed by atoms with E-state index in [4.69, 9.17) is 0 Å². The van der Waals surface area contributed by atoms with Gasteiger partial charge in [-0.1, -0.05) is 29.8 Å². The highest BCUT2D eigenvalue weighted by atomic mass is 79.9.